The molecule has 1 aromatic carbocycles. The van der Waals surface area contributed by atoms with Crippen LogP contribution in [0.15, 0.2) is 34.7 Å². The van der Waals surface area contributed by atoms with Crippen LogP contribution in [-0.2, 0) is 17.8 Å². The van der Waals surface area contributed by atoms with Gasteiger partial charge in [0.2, 0.25) is 0 Å². The van der Waals surface area contributed by atoms with Crippen molar-refractivity contribution in [2.75, 3.05) is 44.7 Å². The van der Waals surface area contributed by atoms with Crippen molar-refractivity contribution in [3.63, 3.8) is 0 Å². The number of anilines is 1. The highest BCUT2D eigenvalue weighted by molar-refractivity contribution is 6.03. The Hall–Kier alpha value is -2.68. The van der Waals surface area contributed by atoms with Gasteiger partial charge in [-0.05, 0) is 56.3 Å². The molecule has 0 unspecified atom stereocenters. The molecule has 164 valence electrons. The molecule has 5 rings (SSSR count). The lowest BCUT2D eigenvalue weighted by molar-refractivity contribution is 0.0332. The first-order chi connectivity index (χ1) is 15.2. The molecule has 2 saturated heterocycles. The number of nitrogens with one attached hydrogen (secondary N) is 2. The normalized spacial score (nSPS) is 18.5. The van der Waals surface area contributed by atoms with Crippen molar-refractivity contribution in [3.05, 3.63) is 47.7 Å². The summed E-state index contributed by atoms with van der Waals surface area (Å²) in [4.78, 5) is 25.4. The van der Waals surface area contributed by atoms with Crippen molar-refractivity contribution < 1.29 is 13.9 Å². The van der Waals surface area contributed by atoms with E-state index in [2.05, 4.69) is 25.1 Å². The highest BCUT2D eigenvalue weighted by Crippen LogP contribution is 2.20. The lowest BCUT2D eigenvalue weighted by atomic mass is 10.1. The molecule has 0 bridgehead atoms. The van der Waals surface area contributed by atoms with Crippen LogP contribution >= 0.6 is 0 Å². The number of amides is 1. The molecule has 2 aliphatic rings. The Kier molecular flexibility index (Phi) is 6.01. The van der Waals surface area contributed by atoms with Crippen LogP contribution in [0.25, 0.3) is 11.0 Å². The Labute approximate surface area is 181 Å². The van der Waals surface area contributed by atoms with E-state index < -0.39 is 0 Å². The van der Waals surface area contributed by atoms with Gasteiger partial charge in [0, 0.05) is 18.8 Å². The molecule has 2 fully saturated rings. The van der Waals surface area contributed by atoms with Gasteiger partial charge in [0.1, 0.15) is 11.6 Å². The van der Waals surface area contributed by atoms with E-state index >= 15 is 0 Å². The van der Waals surface area contributed by atoms with Crippen molar-refractivity contribution in [2.45, 2.75) is 32.4 Å². The average molecular weight is 424 g/mol. The standard InChI is InChI=1S/C23H29N5O3/c29-23(21-7-5-18(31-21)15-27-8-2-1-3-9-27)24-17-4-6-19-20(14-17)26-22(25-19)16-28-10-12-30-13-11-28/h4-7,14H,1-3,8-13,15-16H2,(H,24,29)(H,25,26). The van der Waals surface area contributed by atoms with Crippen LogP contribution in [0.5, 0.6) is 0 Å². The number of imidazole rings is 1. The number of benzene rings is 1. The maximum absolute atomic E-state index is 12.7. The molecule has 0 atom stereocenters. The predicted octanol–water partition coefficient (Wildman–Crippen LogP) is 3.23. The Balaban J connectivity index is 1.22. The number of piperidine rings is 1. The first-order valence-corrected chi connectivity index (χ1v) is 11.1. The van der Waals surface area contributed by atoms with Crippen LogP contribution in [0.4, 0.5) is 5.69 Å². The van der Waals surface area contributed by atoms with E-state index in [1.165, 1.54) is 19.3 Å². The second-order valence-electron chi connectivity index (χ2n) is 8.36. The van der Waals surface area contributed by atoms with Gasteiger partial charge in [-0.25, -0.2) is 4.98 Å². The number of nitrogens with zero attached hydrogens (tertiary/aromatic N) is 3. The number of hydrogen-bond acceptors (Lipinski definition) is 6. The lowest BCUT2D eigenvalue weighted by Gasteiger charge is -2.25. The molecular formula is C23H29N5O3. The number of likely N-dealkylation sites (tertiary alicyclic amines) is 1. The van der Waals surface area contributed by atoms with E-state index in [9.17, 15) is 4.79 Å². The molecule has 8 nitrogen and oxygen atoms in total. The summed E-state index contributed by atoms with van der Waals surface area (Å²) >= 11 is 0. The second kappa shape index (κ2) is 9.21. The first kappa shape index (κ1) is 20.2. The Morgan fingerprint density at radius 3 is 2.65 bits per heavy atom. The molecule has 0 spiro atoms. The minimum absolute atomic E-state index is 0.239. The molecule has 8 heteroatoms. The minimum Gasteiger partial charge on any atom is -0.455 e. The van der Waals surface area contributed by atoms with E-state index in [0.717, 1.165) is 75.1 Å². The van der Waals surface area contributed by atoms with Crippen LogP contribution in [0.1, 0.15) is 41.4 Å². The summed E-state index contributed by atoms with van der Waals surface area (Å²) in [5.41, 5.74) is 2.52. The SMILES string of the molecule is O=C(Nc1ccc2nc(CN3CCOCC3)[nH]c2c1)c1ccc(CN2CCCCC2)o1. The molecule has 4 heterocycles. The Morgan fingerprint density at radius 2 is 1.81 bits per heavy atom. The van der Waals surface area contributed by atoms with Crippen molar-refractivity contribution in [3.8, 4) is 0 Å². The summed E-state index contributed by atoms with van der Waals surface area (Å²) in [6.07, 6.45) is 3.77. The number of carbonyl (C=O) groups excluding carboxylic acids is 1. The van der Waals surface area contributed by atoms with Crippen molar-refractivity contribution in [1.82, 2.24) is 19.8 Å². The van der Waals surface area contributed by atoms with Crippen molar-refractivity contribution >= 4 is 22.6 Å². The quantitative estimate of drug-likeness (QED) is 0.633. The predicted molar refractivity (Wildman–Crippen MR) is 118 cm³/mol. The van der Waals surface area contributed by atoms with E-state index in [1.54, 1.807) is 6.07 Å². The van der Waals surface area contributed by atoms with Gasteiger partial charge in [-0.3, -0.25) is 14.6 Å². The average Bonchev–Trinajstić information content (AvgIpc) is 3.41. The Bertz CT molecular complexity index is 1030. The summed E-state index contributed by atoms with van der Waals surface area (Å²) in [5, 5.41) is 2.94. The fourth-order valence-electron chi connectivity index (χ4n) is 4.30. The number of fused-ring (bicyclic) bond motifs is 1. The maximum atomic E-state index is 12.7. The van der Waals surface area contributed by atoms with Gasteiger partial charge in [0.15, 0.2) is 5.76 Å². The van der Waals surface area contributed by atoms with Gasteiger partial charge in [-0.15, -0.1) is 0 Å². The molecule has 2 N–H and O–H groups in total. The molecule has 0 saturated carbocycles. The zero-order valence-electron chi connectivity index (χ0n) is 17.7. The summed E-state index contributed by atoms with van der Waals surface area (Å²) in [6, 6.07) is 9.37. The largest absolute Gasteiger partial charge is 0.455 e. The number of morpholine rings is 1. The number of ether oxygens (including phenoxy) is 1. The zero-order chi connectivity index (χ0) is 21.0. The van der Waals surface area contributed by atoms with E-state index in [4.69, 9.17) is 9.15 Å². The summed E-state index contributed by atoms with van der Waals surface area (Å²) in [5.74, 6) is 1.86. The third-order valence-corrected chi connectivity index (χ3v) is 5.98. The zero-order valence-corrected chi connectivity index (χ0v) is 17.7. The summed E-state index contributed by atoms with van der Waals surface area (Å²) in [7, 11) is 0. The monoisotopic (exact) mass is 423 g/mol. The third kappa shape index (κ3) is 4.98. The molecule has 1 amide bonds. The topological polar surface area (TPSA) is 86.6 Å². The van der Waals surface area contributed by atoms with Crippen molar-refractivity contribution in [1.29, 1.82) is 0 Å². The molecule has 2 aromatic heterocycles. The number of H-pyrrole nitrogens is 1. The van der Waals surface area contributed by atoms with Gasteiger partial charge in [0.25, 0.3) is 5.91 Å². The van der Waals surface area contributed by atoms with E-state index in [0.29, 0.717) is 11.4 Å². The highest BCUT2D eigenvalue weighted by Gasteiger charge is 2.17. The van der Waals surface area contributed by atoms with E-state index in [-0.39, 0.29) is 5.91 Å². The highest BCUT2D eigenvalue weighted by atomic mass is 16.5. The lowest BCUT2D eigenvalue weighted by Crippen LogP contribution is -2.35. The number of aromatic amines is 1. The fraction of sp³-hybridized carbons (Fsp3) is 0.478. The van der Waals surface area contributed by atoms with Gasteiger partial charge in [0.05, 0.1) is 37.3 Å². The van der Waals surface area contributed by atoms with Crippen LogP contribution in [0, 0.1) is 0 Å². The smallest absolute Gasteiger partial charge is 0.291 e. The number of furan rings is 1. The number of aromatic nitrogens is 2. The summed E-state index contributed by atoms with van der Waals surface area (Å²) in [6.45, 7) is 7.10. The molecule has 0 radical (unpaired) electrons. The van der Waals surface area contributed by atoms with E-state index in [1.807, 2.05) is 24.3 Å². The first-order valence-electron chi connectivity index (χ1n) is 11.1. The number of rotatable bonds is 6. The molecule has 0 aliphatic carbocycles. The van der Waals surface area contributed by atoms with Gasteiger partial charge >= 0.3 is 0 Å². The molecular weight excluding hydrogens is 394 g/mol. The van der Waals surface area contributed by atoms with Gasteiger partial charge in [-0.1, -0.05) is 6.42 Å². The molecule has 3 aromatic rings. The van der Waals surface area contributed by atoms with Crippen LogP contribution < -0.4 is 5.32 Å². The maximum Gasteiger partial charge on any atom is 0.291 e. The van der Waals surface area contributed by atoms with Gasteiger partial charge < -0.3 is 19.5 Å². The third-order valence-electron chi connectivity index (χ3n) is 5.98. The Morgan fingerprint density at radius 1 is 1.00 bits per heavy atom. The van der Waals surface area contributed by atoms with Crippen LogP contribution in [0.3, 0.4) is 0 Å². The van der Waals surface area contributed by atoms with Crippen LogP contribution in [-0.4, -0.2) is 65.1 Å². The minimum atomic E-state index is -0.239. The molecule has 2 aliphatic heterocycles. The number of carbonyl (C=O) groups is 1. The number of hydrogen-bond donors (Lipinski definition) is 2. The fourth-order valence-corrected chi connectivity index (χ4v) is 4.30. The molecule has 31 heavy (non-hydrogen) atoms. The van der Waals surface area contributed by atoms with Crippen LogP contribution in [0.2, 0.25) is 0 Å². The van der Waals surface area contributed by atoms with Crippen molar-refractivity contribution in [2.24, 2.45) is 0 Å². The summed E-state index contributed by atoms with van der Waals surface area (Å²) < 4.78 is 11.2. The second-order valence-corrected chi connectivity index (χ2v) is 8.36. The van der Waals surface area contributed by atoms with Gasteiger partial charge in [-0.2, -0.15) is 0 Å².